The Hall–Kier alpha value is -5.12. The van der Waals surface area contributed by atoms with Crippen molar-refractivity contribution in [3.8, 4) is 33.6 Å². The minimum absolute atomic E-state index is 0.911. The van der Waals surface area contributed by atoms with Crippen LogP contribution in [0.2, 0.25) is 0 Å². The molecule has 0 N–H and O–H groups in total. The molecule has 1 aliphatic rings. The molecule has 6 aromatic carbocycles. The third-order valence-corrected chi connectivity index (χ3v) is 9.95. The topological polar surface area (TPSA) is 25.8 Å². The van der Waals surface area contributed by atoms with Gasteiger partial charge in [0.05, 0.1) is 22.4 Å². The van der Waals surface area contributed by atoms with Gasteiger partial charge in [-0.15, -0.1) is 11.3 Å². The van der Waals surface area contributed by atoms with E-state index in [9.17, 15) is 0 Å². The van der Waals surface area contributed by atoms with Gasteiger partial charge in [0.25, 0.3) is 0 Å². The number of hydrogen-bond acceptors (Lipinski definition) is 3. The van der Waals surface area contributed by atoms with Crippen molar-refractivity contribution in [1.29, 1.82) is 0 Å². The lowest BCUT2D eigenvalue weighted by molar-refractivity contribution is 0.998. The summed E-state index contributed by atoms with van der Waals surface area (Å²) < 4.78 is 2.63. The van der Waals surface area contributed by atoms with E-state index in [-0.39, 0.29) is 0 Å². The highest BCUT2D eigenvalue weighted by Crippen LogP contribution is 2.42. The van der Waals surface area contributed by atoms with Crippen molar-refractivity contribution in [3.63, 3.8) is 0 Å². The molecule has 0 fully saturated rings. The molecule has 8 aromatic rings. The second-order valence-corrected chi connectivity index (χ2v) is 12.3. The first-order chi connectivity index (χ1) is 21.3. The molecule has 2 nitrogen and oxygen atoms in total. The van der Waals surface area contributed by atoms with E-state index in [1.54, 1.807) is 0 Å². The first-order valence-electron chi connectivity index (χ1n) is 14.8. The van der Waals surface area contributed by atoms with Gasteiger partial charge in [0, 0.05) is 42.2 Å². The van der Waals surface area contributed by atoms with E-state index in [1.165, 1.54) is 53.2 Å². The summed E-state index contributed by atoms with van der Waals surface area (Å²) in [7, 11) is 0. The fourth-order valence-corrected chi connectivity index (χ4v) is 7.97. The van der Waals surface area contributed by atoms with Crippen LogP contribution in [0.15, 0.2) is 127 Å². The highest BCUT2D eigenvalue weighted by Gasteiger charge is 2.21. The monoisotopic (exact) mass is 566 g/mol. The van der Waals surface area contributed by atoms with Gasteiger partial charge in [0.15, 0.2) is 0 Å². The normalized spacial score (nSPS) is 12.8. The van der Waals surface area contributed by atoms with E-state index >= 15 is 0 Å². The van der Waals surface area contributed by atoms with E-state index in [0.29, 0.717) is 0 Å². The molecule has 0 atom stereocenters. The van der Waals surface area contributed by atoms with Crippen molar-refractivity contribution in [2.75, 3.05) is 0 Å². The number of aromatic nitrogens is 2. The average Bonchev–Trinajstić information content (AvgIpc) is 3.47. The number of nitrogens with zero attached hydrogens (tertiary/aromatic N) is 2. The molecule has 9 rings (SSSR count). The van der Waals surface area contributed by atoms with Crippen LogP contribution < -0.4 is 0 Å². The molecule has 0 aliphatic heterocycles. The fraction of sp³-hybridized carbons (Fsp3) is 0.0500. The Kier molecular flexibility index (Phi) is 5.53. The van der Waals surface area contributed by atoms with E-state index < -0.39 is 0 Å². The van der Waals surface area contributed by atoms with Crippen LogP contribution in [0.1, 0.15) is 17.5 Å². The van der Waals surface area contributed by atoms with E-state index in [1.807, 2.05) is 11.3 Å². The smallest absolute Gasteiger partial charge is 0.0979 e. The molecule has 0 unspecified atom stereocenters. The minimum atomic E-state index is 0.911. The van der Waals surface area contributed by atoms with E-state index in [4.69, 9.17) is 9.97 Å². The highest BCUT2D eigenvalue weighted by molar-refractivity contribution is 7.26. The van der Waals surface area contributed by atoms with Gasteiger partial charge in [0.2, 0.25) is 0 Å². The van der Waals surface area contributed by atoms with Gasteiger partial charge in [-0.25, -0.2) is 9.97 Å². The molecule has 0 bridgehead atoms. The van der Waals surface area contributed by atoms with Gasteiger partial charge < -0.3 is 0 Å². The second kappa shape index (κ2) is 9.72. The van der Waals surface area contributed by atoms with E-state index in [2.05, 4.69) is 133 Å². The summed E-state index contributed by atoms with van der Waals surface area (Å²) in [5, 5.41) is 5.08. The molecule has 3 heteroatoms. The maximum atomic E-state index is 5.50. The Bertz CT molecular complexity index is 2400. The van der Waals surface area contributed by atoms with Crippen LogP contribution in [0.5, 0.6) is 0 Å². The number of allylic oxidation sites excluding steroid dienone is 1. The number of hydrogen-bond donors (Lipinski definition) is 0. The third-order valence-electron chi connectivity index (χ3n) is 8.73. The van der Waals surface area contributed by atoms with Gasteiger partial charge in [-0.1, -0.05) is 121 Å². The number of benzene rings is 6. The van der Waals surface area contributed by atoms with Crippen LogP contribution in [0, 0.1) is 0 Å². The summed E-state index contributed by atoms with van der Waals surface area (Å²) in [4.78, 5) is 11.0. The van der Waals surface area contributed by atoms with Crippen LogP contribution in [0.3, 0.4) is 0 Å². The lowest BCUT2D eigenvalue weighted by atomic mass is 9.89. The summed E-state index contributed by atoms with van der Waals surface area (Å²) in [6.45, 7) is 0. The lowest BCUT2D eigenvalue weighted by Gasteiger charge is -2.19. The summed E-state index contributed by atoms with van der Waals surface area (Å²) in [5.74, 6) is 0. The third kappa shape index (κ3) is 3.86. The quantitative estimate of drug-likeness (QED) is 0.199. The van der Waals surface area contributed by atoms with Crippen molar-refractivity contribution < 1.29 is 0 Å². The van der Waals surface area contributed by atoms with Gasteiger partial charge in [-0.3, -0.25) is 0 Å². The zero-order chi connectivity index (χ0) is 28.3. The number of rotatable bonds is 3. The number of thiophene rings is 1. The summed E-state index contributed by atoms with van der Waals surface area (Å²) in [6.07, 6.45) is 6.60. The van der Waals surface area contributed by atoms with Crippen LogP contribution in [0.25, 0.3) is 81.7 Å². The van der Waals surface area contributed by atoms with Crippen LogP contribution >= 0.6 is 11.3 Å². The Balaban J connectivity index is 1.33. The Labute approximate surface area is 253 Å². The maximum Gasteiger partial charge on any atom is 0.0979 e. The molecule has 0 spiro atoms. The molecule has 2 heterocycles. The molecule has 202 valence electrons. The first-order valence-corrected chi connectivity index (χ1v) is 15.6. The molecule has 2 aromatic heterocycles. The number of aryl methyl sites for hydroxylation is 1. The zero-order valence-electron chi connectivity index (χ0n) is 23.4. The largest absolute Gasteiger partial charge is 0.243 e. The molecule has 0 amide bonds. The molecular weight excluding hydrogens is 541 g/mol. The van der Waals surface area contributed by atoms with Crippen LogP contribution in [-0.2, 0) is 6.42 Å². The minimum Gasteiger partial charge on any atom is -0.243 e. The van der Waals surface area contributed by atoms with Gasteiger partial charge in [-0.05, 0) is 47.1 Å². The SMILES string of the molecule is C1=Cc2c(c3ccccc3c3nc(-c4cccc(-c5cccc6c5sc5ccccc56)c4)c(-c4ccccc4)nc23)CC1. The van der Waals surface area contributed by atoms with Crippen LogP contribution in [-0.4, -0.2) is 9.97 Å². The van der Waals surface area contributed by atoms with Crippen molar-refractivity contribution >= 4 is 59.4 Å². The summed E-state index contributed by atoms with van der Waals surface area (Å²) >= 11 is 1.87. The first kappa shape index (κ1) is 24.5. The molecule has 0 saturated carbocycles. The Morgan fingerprint density at radius 1 is 0.535 bits per heavy atom. The fourth-order valence-electron chi connectivity index (χ4n) is 6.74. The van der Waals surface area contributed by atoms with Crippen molar-refractivity contribution in [2.24, 2.45) is 0 Å². The average molecular weight is 567 g/mol. The Morgan fingerprint density at radius 2 is 1.21 bits per heavy atom. The van der Waals surface area contributed by atoms with Gasteiger partial charge >= 0.3 is 0 Å². The lowest BCUT2D eigenvalue weighted by Crippen LogP contribution is -2.03. The van der Waals surface area contributed by atoms with Crippen molar-refractivity contribution in [3.05, 3.63) is 139 Å². The highest BCUT2D eigenvalue weighted by atomic mass is 32.1. The molecule has 43 heavy (non-hydrogen) atoms. The van der Waals surface area contributed by atoms with Crippen LogP contribution in [0.4, 0.5) is 0 Å². The van der Waals surface area contributed by atoms with Gasteiger partial charge in [-0.2, -0.15) is 0 Å². The molecule has 0 radical (unpaired) electrons. The molecular formula is C40H26N2S. The van der Waals surface area contributed by atoms with Gasteiger partial charge in [0.1, 0.15) is 0 Å². The Morgan fingerprint density at radius 3 is 2.12 bits per heavy atom. The van der Waals surface area contributed by atoms with E-state index in [0.717, 1.165) is 46.4 Å². The van der Waals surface area contributed by atoms with Crippen molar-refractivity contribution in [2.45, 2.75) is 12.8 Å². The molecule has 0 saturated heterocycles. The number of fused-ring (bicyclic) bond motifs is 9. The zero-order valence-corrected chi connectivity index (χ0v) is 24.2. The predicted octanol–water partition coefficient (Wildman–Crippen LogP) is 11.1. The predicted molar refractivity (Wildman–Crippen MR) is 184 cm³/mol. The second-order valence-electron chi connectivity index (χ2n) is 11.2. The molecule has 1 aliphatic carbocycles. The summed E-state index contributed by atoms with van der Waals surface area (Å²) in [6, 6.07) is 43.4. The van der Waals surface area contributed by atoms with Crippen molar-refractivity contribution in [1.82, 2.24) is 9.97 Å². The maximum absolute atomic E-state index is 5.50. The standard InChI is InChI=1S/C40H26N2S/c1-2-12-25(13-3-1)36-37(42-39-33-20-7-5-17-30(33)29-16-4-6-19-32(29)38(39)41-36)27-15-10-14-26(24-27)28-21-11-22-34-31-18-8-9-23-35(31)43-40(28)34/h1-3,5-15,17-24H,4,16H2. The summed E-state index contributed by atoms with van der Waals surface area (Å²) in [5.41, 5.74) is 11.0.